The van der Waals surface area contributed by atoms with Crippen molar-refractivity contribution >= 4 is 34.4 Å². The molecular formula is C21H24N2O2S3. The Morgan fingerprint density at radius 3 is 2.36 bits per heavy atom. The van der Waals surface area contributed by atoms with E-state index < -0.39 is 10.0 Å². The van der Waals surface area contributed by atoms with Crippen molar-refractivity contribution < 1.29 is 8.42 Å². The minimum absolute atomic E-state index is 0.297. The van der Waals surface area contributed by atoms with E-state index in [9.17, 15) is 8.42 Å². The zero-order chi connectivity index (χ0) is 20.0. The number of rotatable bonds is 9. The van der Waals surface area contributed by atoms with E-state index in [2.05, 4.69) is 30.1 Å². The highest BCUT2D eigenvalue weighted by Gasteiger charge is 2.19. The Morgan fingerprint density at radius 1 is 1.00 bits per heavy atom. The molecule has 4 nitrogen and oxygen atoms in total. The number of hydrogen-bond donors (Lipinski definition) is 2. The van der Waals surface area contributed by atoms with E-state index in [1.165, 1.54) is 3.97 Å². The molecule has 0 unspecified atom stereocenters. The van der Waals surface area contributed by atoms with Crippen molar-refractivity contribution in [2.75, 3.05) is 12.3 Å². The van der Waals surface area contributed by atoms with Crippen molar-refractivity contribution in [1.82, 2.24) is 9.29 Å². The van der Waals surface area contributed by atoms with Crippen molar-refractivity contribution in [2.24, 2.45) is 0 Å². The molecule has 0 aliphatic heterocycles. The van der Waals surface area contributed by atoms with Gasteiger partial charge in [0.1, 0.15) is 0 Å². The lowest BCUT2D eigenvalue weighted by Gasteiger charge is -2.06. The monoisotopic (exact) mass is 432 g/mol. The third kappa shape index (κ3) is 5.23. The normalized spacial score (nSPS) is 11.6. The first-order chi connectivity index (χ1) is 13.5. The summed E-state index contributed by atoms with van der Waals surface area (Å²) in [6.45, 7) is 3.32. The fourth-order valence-electron chi connectivity index (χ4n) is 2.75. The molecule has 1 aromatic heterocycles. The minimum atomic E-state index is -3.61. The maximum atomic E-state index is 13.0. The molecule has 7 heteroatoms. The van der Waals surface area contributed by atoms with Crippen LogP contribution in [0.4, 0.5) is 0 Å². The van der Waals surface area contributed by atoms with Crippen LogP contribution in [-0.4, -0.2) is 24.7 Å². The second kappa shape index (κ2) is 9.69. The van der Waals surface area contributed by atoms with Gasteiger partial charge in [-0.05, 0) is 42.3 Å². The Kier molecular flexibility index (Phi) is 7.29. The predicted octanol–water partition coefficient (Wildman–Crippen LogP) is 4.35. The summed E-state index contributed by atoms with van der Waals surface area (Å²) in [5.74, 6) is 1.44. The largest absolute Gasteiger partial charge is 0.312 e. The first-order valence-corrected chi connectivity index (χ1v) is 12.1. The maximum Gasteiger partial charge on any atom is 0.267 e. The van der Waals surface area contributed by atoms with Gasteiger partial charge in [-0.25, -0.2) is 12.4 Å². The summed E-state index contributed by atoms with van der Waals surface area (Å²) >= 11 is 5.92. The molecule has 3 aromatic rings. The highest BCUT2D eigenvalue weighted by Crippen LogP contribution is 2.26. The van der Waals surface area contributed by atoms with Crippen LogP contribution in [0.5, 0.6) is 0 Å². The van der Waals surface area contributed by atoms with Crippen LogP contribution in [0.2, 0.25) is 0 Å². The van der Waals surface area contributed by atoms with Crippen molar-refractivity contribution in [3.8, 4) is 0 Å². The van der Waals surface area contributed by atoms with Crippen LogP contribution < -0.4 is 5.32 Å². The summed E-state index contributed by atoms with van der Waals surface area (Å²) in [6, 6.07) is 17.1. The van der Waals surface area contributed by atoms with E-state index in [1.54, 1.807) is 36.3 Å². The number of aromatic nitrogens is 1. The van der Waals surface area contributed by atoms with Crippen LogP contribution in [0.15, 0.2) is 76.8 Å². The van der Waals surface area contributed by atoms with E-state index in [1.807, 2.05) is 37.3 Å². The molecule has 0 atom stereocenters. The lowest BCUT2D eigenvalue weighted by molar-refractivity contribution is 0.587. The average molecular weight is 433 g/mol. The molecule has 28 heavy (non-hydrogen) atoms. The second-order valence-corrected chi connectivity index (χ2v) is 9.80. The van der Waals surface area contributed by atoms with Crippen LogP contribution in [0.1, 0.15) is 16.7 Å². The number of hydrogen-bond acceptors (Lipinski definition) is 5. The van der Waals surface area contributed by atoms with Crippen LogP contribution in [0.25, 0.3) is 0 Å². The van der Waals surface area contributed by atoms with Gasteiger partial charge < -0.3 is 5.32 Å². The van der Waals surface area contributed by atoms with E-state index in [-0.39, 0.29) is 0 Å². The van der Waals surface area contributed by atoms with Gasteiger partial charge in [0.2, 0.25) is 0 Å². The van der Waals surface area contributed by atoms with Crippen LogP contribution in [0, 0.1) is 6.92 Å². The van der Waals surface area contributed by atoms with Crippen LogP contribution >= 0.6 is 24.4 Å². The van der Waals surface area contributed by atoms with Crippen molar-refractivity contribution in [3.63, 3.8) is 0 Å². The quantitative estimate of drug-likeness (QED) is 0.300. The topological polar surface area (TPSA) is 51.1 Å². The SMILES string of the molecule is Cc1ccc(S(=O)(=O)n2cc(CNCCS)c(CSc3ccccc3)c2)cc1. The molecule has 0 fully saturated rings. The van der Waals surface area contributed by atoms with Gasteiger partial charge in [0.15, 0.2) is 0 Å². The zero-order valence-electron chi connectivity index (χ0n) is 15.7. The second-order valence-electron chi connectivity index (χ2n) is 6.46. The van der Waals surface area contributed by atoms with Crippen molar-refractivity contribution in [1.29, 1.82) is 0 Å². The van der Waals surface area contributed by atoms with Gasteiger partial charge in [-0.3, -0.25) is 0 Å². The molecule has 0 bridgehead atoms. The molecule has 0 radical (unpaired) electrons. The van der Waals surface area contributed by atoms with Crippen molar-refractivity contribution in [3.05, 3.63) is 83.7 Å². The van der Waals surface area contributed by atoms with Gasteiger partial charge >= 0.3 is 0 Å². The number of thiol groups is 1. The molecule has 148 valence electrons. The van der Waals surface area contributed by atoms with Gasteiger partial charge in [-0.2, -0.15) is 12.6 Å². The molecule has 2 aromatic carbocycles. The lowest BCUT2D eigenvalue weighted by atomic mass is 10.2. The summed E-state index contributed by atoms with van der Waals surface area (Å²) in [6.07, 6.45) is 3.46. The fraction of sp³-hybridized carbons (Fsp3) is 0.238. The molecular weight excluding hydrogens is 408 g/mol. The summed E-state index contributed by atoms with van der Waals surface area (Å²) in [4.78, 5) is 1.45. The third-order valence-corrected chi connectivity index (χ3v) is 7.23. The van der Waals surface area contributed by atoms with Crippen LogP contribution in [-0.2, 0) is 22.3 Å². The third-order valence-electron chi connectivity index (χ3n) is 4.32. The Hall–Kier alpha value is -1.67. The Bertz CT molecular complexity index is 998. The molecule has 0 spiro atoms. The summed E-state index contributed by atoms with van der Waals surface area (Å²) in [5.41, 5.74) is 3.03. The minimum Gasteiger partial charge on any atom is -0.312 e. The van der Waals surface area contributed by atoms with Gasteiger partial charge in [0.05, 0.1) is 4.90 Å². The van der Waals surface area contributed by atoms with Crippen LogP contribution in [0.3, 0.4) is 0 Å². The molecule has 0 amide bonds. The van der Waals surface area contributed by atoms with Gasteiger partial charge in [0, 0.05) is 41.9 Å². The molecule has 1 heterocycles. The number of nitrogens with one attached hydrogen (secondary N) is 1. The molecule has 3 rings (SSSR count). The fourth-order valence-corrected chi connectivity index (χ4v) is 5.10. The Labute approximate surface area is 176 Å². The highest BCUT2D eigenvalue weighted by atomic mass is 32.2. The molecule has 1 N–H and O–H groups in total. The number of thioether (sulfide) groups is 1. The molecule has 0 aliphatic rings. The lowest BCUT2D eigenvalue weighted by Crippen LogP contribution is -2.16. The Morgan fingerprint density at radius 2 is 1.68 bits per heavy atom. The average Bonchev–Trinajstić information content (AvgIpc) is 3.12. The smallest absolute Gasteiger partial charge is 0.267 e. The number of aryl methyl sites for hydroxylation is 1. The standard InChI is InChI=1S/C21H24N2O2S3/c1-17-7-9-21(10-8-17)28(24,25)23-14-18(13-22-11-12-26)19(15-23)16-27-20-5-3-2-4-6-20/h2-10,14-15,22,26H,11-13,16H2,1H3. The van der Waals surface area contributed by atoms with E-state index in [0.717, 1.165) is 33.9 Å². The summed E-state index contributed by atoms with van der Waals surface area (Å²) < 4.78 is 27.4. The number of benzene rings is 2. The molecule has 0 saturated heterocycles. The first-order valence-electron chi connectivity index (χ1n) is 9.02. The molecule has 0 saturated carbocycles. The maximum absolute atomic E-state index is 13.0. The van der Waals surface area contributed by atoms with Gasteiger partial charge in [-0.15, -0.1) is 11.8 Å². The highest BCUT2D eigenvalue weighted by molar-refractivity contribution is 7.98. The van der Waals surface area contributed by atoms with E-state index in [0.29, 0.717) is 17.2 Å². The summed E-state index contributed by atoms with van der Waals surface area (Å²) in [7, 11) is -3.61. The van der Waals surface area contributed by atoms with E-state index >= 15 is 0 Å². The van der Waals surface area contributed by atoms with Gasteiger partial charge in [-0.1, -0.05) is 35.9 Å². The van der Waals surface area contributed by atoms with E-state index in [4.69, 9.17) is 0 Å². The number of nitrogens with zero attached hydrogens (tertiary/aromatic N) is 1. The molecule has 0 aliphatic carbocycles. The predicted molar refractivity (Wildman–Crippen MR) is 120 cm³/mol. The van der Waals surface area contributed by atoms with Crippen molar-refractivity contribution in [2.45, 2.75) is 29.0 Å². The first kappa shape index (κ1) is 21.0. The Balaban J connectivity index is 1.87. The van der Waals surface area contributed by atoms with Gasteiger partial charge in [0.25, 0.3) is 10.0 Å². The zero-order valence-corrected chi connectivity index (χ0v) is 18.2. The summed E-state index contributed by atoms with van der Waals surface area (Å²) in [5, 5.41) is 3.31.